The van der Waals surface area contributed by atoms with E-state index >= 15 is 0 Å². The molecule has 2 rings (SSSR count). The molecule has 7 heteroatoms. The minimum Gasteiger partial charge on any atom is -0.465 e. The summed E-state index contributed by atoms with van der Waals surface area (Å²) in [5.74, 6) is 0.448. The van der Waals surface area contributed by atoms with Gasteiger partial charge in [0.05, 0.1) is 17.6 Å². The zero-order chi connectivity index (χ0) is 13.8. The summed E-state index contributed by atoms with van der Waals surface area (Å²) < 4.78 is 10.9. The lowest BCUT2D eigenvalue weighted by Gasteiger charge is -2.32. The molecule has 0 aromatic heterocycles. The van der Waals surface area contributed by atoms with Crippen LogP contribution in [0.2, 0.25) is 0 Å². The fourth-order valence-electron chi connectivity index (χ4n) is 1.90. The van der Waals surface area contributed by atoms with Crippen molar-refractivity contribution in [1.29, 1.82) is 0 Å². The van der Waals surface area contributed by atoms with Crippen molar-refractivity contribution in [3.8, 4) is 5.75 Å². The van der Waals surface area contributed by atoms with Crippen molar-refractivity contribution in [3.05, 3.63) is 34.4 Å². The smallest absolute Gasteiger partial charge is 0.269 e. The highest BCUT2D eigenvalue weighted by atomic mass is 16.7. The number of hydrogen-bond donors (Lipinski definition) is 2. The molecular weight excluding hydrogens is 254 g/mol. The van der Waals surface area contributed by atoms with E-state index in [1.165, 1.54) is 24.3 Å². The van der Waals surface area contributed by atoms with Crippen molar-refractivity contribution in [2.75, 3.05) is 6.61 Å². The molecule has 1 aromatic carbocycles. The summed E-state index contributed by atoms with van der Waals surface area (Å²) in [6.07, 6.45) is -0.946. The zero-order valence-corrected chi connectivity index (χ0v) is 10.1. The molecule has 2 N–H and O–H groups in total. The SMILES string of the molecule is O=[N+]([O-])c1ccc(O[C@@H]2CC[C@H](O)[C@@H](CO)O2)cc1. The molecule has 1 aliphatic heterocycles. The monoisotopic (exact) mass is 269 g/mol. The van der Waals surface area contributed by atoms with E-state index in [4.69, 9.17) is 14.6 Å². The Balaban J connectivity index is 1.95. The first-order chi connectivity index (χ1) is 9.10. The number of hydrogen-bond acceptors (Lipinski definition) is 6. The maximum absolute atomic E-state index is 10.5. The number of ether oxygens (including phenoxy) is 2. The molecule has 0 aliphatic carbocycles. The van der Waals surface area contributed by atoms with E-state index in [2.05, 4.69) is 0 Å². The van der Waals surface area contributed by atoms with Crippen molar-refractivity contribution in [3.63, 3.8) is 0 Å². The Morgan fingerprint density at radius 3 is 2.63 bits per heavy atom. The molecule has 1 aliphatic rings. The van der Waals surface area contributed by atoms with Gasteiger partial charge in [0.2, 0.25) is 0 Å². The van der Waals surface area contributed by atoms with E-state index in [1.807, 2.05) is 0 Å². The standard InChI is InChI=1S/C12H15NO6/c14-7-11-10(15)5-6-12(19-11)18-9-3-1-8(2-4-9)13(16)17/h1-4,10-12,14-15H,5-7H2/t10-,11+,12-/m0/s1. The zero-order valence-electron chi connectivity index (χ0n) is 10.1. The van der Waals surface area contributed by atoms with Crippen LogP contribution in [0.25, 0.3) is 0 Å². The molecule has 0 unspecified atom stereocenters. The van der Waals surface area contributed by atoms with Gasteiger partial charge >= 0.3 is 0 Å². The van der Waals surface area contributed by atoms with Gasteiger partial charge in [0.1, 0.15) is 11.9 Å². The molecule has 104 valence electrons. The molecule has 0 spiro atoms. The molecule has 7 nitrogen and oxygen atoms in total. The third-order valence-corrected chi connectivity index (χ3v) is 2.95. The number of nitro benzene ring substituents is 1. The van der Waals surface area contributed by atoms with Crippen LogP contribution in [0.3, 0.4) is 0 Å². The Morgan fingerprint density at radius 1 is 1.37 bits per heavy atom. The van der Waals surface area contributed by atoms with Gasteiger partial charge in [-0.2, -0.15) is 0 Å². The molecule has 0 saturated carbocycles. The average Bonchev–Trinajstić information content (AvgIpc) is 2.41. The molecule has 1 fully saturated rings. The second-order valence-corrected chi connectivity index (χ2v) is 4.30. The van der Waals surface area contributed by atoms with Crippen LogP contribution in [0.1, 0.15) is 12.8 Å². The van der Waals surface area contributed by atoms with E-state index < -0.39 is 23.4 Å². The summed E-state index contributed by atoms with van der Waals surface area (Å²) in [5, 5.41) is 29.1. The van der Waals surface area contributed by atoms with Crippen LogP contribution >= 0.6 is 0 Å². The van der Waals surface area contributed by atoms with Gasteiger partial charge in [-0.1, -0.05) is 0 Å². The second kappa shape index (κ2) is 5.96. The molecule has 1 heterocycles. The third kappa shape index (κ3) is 3.40. The van der Waals surface area contributed by atoms with Crippen LogP contribution in [-0.2, 0) is 4.74 Å². The van der Waals surface area contributed by atoms with Crippen LogP contribution in [0.5, 0.6) is 5.75 Å². The number of nitro groups is 1. The predicted molar refractivity (Wildman–Crippen MR) is 64.7 cm³/mol. The topological polar surface area (TPSA) is 102 Å². The van der Waals surface area contributed by atoms with Crippen molar-refractivity contribution in [1.82, 2.24) is 0 Å². The number of benzene rings is 1. The van der Waals surface area contributed by atoms with Gasteiger partial charge in [-0.05, 0) is 18.6 Å². The first-order valence-electron chi connectivity index (χ1n) is 5.95. The van der Waals surface area contributed by atoms with Gasteiger partial charge in [0.25, 0.3) is 5.69 Å². The molecule has 0 radical (unpaired) electrons. The highest BCUT2D eigenvalue weighted by Gasteiger charge is 2.30. The lowest BCUT2D eigenvalue weighted by molar-refractivity contribution is -0.384. The van der Waals surface area contributed by atoms with Gasteiger partial charge in [-0.25, -0.2) is 0 Å². The largest absolute Gasteiger partial charge is 0.465 e. The van der Waals surface area contributed by atoms with E-state index in [-0.39, 0.29) is 12.3 Å². The van der Waals surface area contributed by atoms with Gasteiger partial charge in [0, 0.05) is 18.6 Å². The molecule has 3 atom stereocenters. The Hall–Kier alpha value is -1.70. The molecule has 0 bridgehead atoms. The number of nitrogens with zero attached hydrogens (tertiary/aromatic N) is 1. The quantitative estimate of drug-likeness (QED) is 0.620. The number of aliphatic hydroxyl groups is 2. The van der Waals surface area contributed by atoms with E-state index in [1.54, 1.807) is 0 Å². The third-order valence-electron chi connectivity index (χ3n) is 2.95. The molecule has 1 saturated heterocycles. The minimum absolute atomic E-state index is 0.0134. The number of aliphatic hydroxyl groups excluding tert-OH is 2. The summed E-state index contributed by atoms with van der Waals surface area (Å²) in [6, 6.07) is 5.66. The lowest BCUT2D eigenvalue weighted by atomic mass is 10.1. The lowest BCUT2D eigenvalue weighted by Crippen LogP contribution is -2.43. The van der Waals surface area contributed by atoms with Gasteiger partial charge in [-0.3, -0.25) is 10.1 Å². The number of rotatable bonds is 4. The van der Waals surface area contributed by atoms with Gasteiger partial charge in [0.15, 0.2) is 6.29 Å². The second-order valence-electron chi connectivity index (χ2n) is 4.30. The predicted octanol–water partition coefficient (Wildman–Crippen LogP) is 0.832. The van der Waals surface area contributed by atoms with Gasteiger partial charge in [-0.15, -0.1) is 0 Å². The van der Waals surface area contributed by atoms with Crippen molar-refractivity contribution in [2.45, 2.75) is 31.3 Å². The summed E-state index contributed by atoms with van der Waals surface area (Å²) in [6.45, 7) is -0.276. The molecule has 19 heavy (non-hydrogen) atoms. The Morgan fingerprint density at radius 2 is 2.05 bits per heavy atom. The van der Waals surface area contributed by atoms with Crippen molar-refractivity contribution in [2.24, 2.45) is 0 Å². The highest BCUT2D eigenvalue weighted by Crippen LogP contribution is 2.24. The normalized spacial score (nSPS) is 26.9. The minimum atomic E-state index is -0.693. The highest BCUT2D eigenvalue weighted by molar-refractivity contribution is 5.36. The van der Waals surface area contributed by atoms with Crippen molar-refractivity contribution >= 4 is 5.69 Å². The van der Waals surface area contributed by atoms with E-state index in [0.29, 0.717) is 18.6 Å². The van der Waals surface area contributed by atoms with E-state index in [9.17, 15) is 15.2 Å². The Bertz CT molecular complexity index is 434. The Labute approximate surface area is 109 Å². The van der Waals surface area contributed by atoms with Crippen LogP contribution in [0, 0.1) is 10.1 Å². The number of non-ortho nitro benzene ring substituents is 1. The van der Waals surface area contributed by atoms with Crippen molar-refractivity contribution < 1.29 is 24.6 Å². The maximum atomic E-state index is 10.5. The molecule has 0 amide bonds. The Kier molecular flexibility index (Phi) is 4.31. The van der Waals surface area contributed by atoms with Crippen LogP contribution in [0.15, 0.2) is 24.3 Å². The summed E-state index contributed by atoms with van der Waals surface area (Å²) in [4.78, 5) is 10.0. The summed E-state index contributed by atoms with van der Waals surface area (Å²) in [5.41, 5.74) is -0.0134. The van der Waals surface area contributed by atoms with Crippen LogP contribution in [-0.4, -0.2) is 40.2 Å². The molecule has 1 aromatic rings. The first-order valence-corrected chi connectivity index (χ1v) is 5.95. The average molecular weight is 269 g/mol. The summed E-state index contributed by atoms with van der Waals surface area (Å²) >= 11 is 0. The fourth-order valence-corrected chi connectivity index (χ4v) is 1.90. The fraction of sp³-hybridized carbons (Fsp3) is 0.500. The van der Waals surface area contributed by atoms with E-state index in [0.717, 1.165) is 0 Å². The van der Waals surface area contributed by atoms with Crippen LogP contribution in [0.4, 0.5) is 5.69 Å². The molecular formula is C12H15NO6. The van der Waals surface area contributed by atoms with Gasteiger partial charge < -0.3 is 19.7 Å². The summed E-state index contributed by atoms with van der Waals surface area (Å²) in [7, 11) is 0. The maximum Gasteiger partial charge on any atom is 0.269 e. The van der Waals surface area contributed by atoms with Crippen LogP contribution < -0.4 is 4.74 Å². The first kappa shape index (κ1) is 13.7.